The van der Waals surface area contributed by atoms with Gasteiger partial charge in [-0.3, -0.25) is 0 Å². The van der Waals surface area contributed by atoms with Crippen LogP contribution in [0.3, 0.4) is 0 Å². The molecule has 112 valence electrons. The molecule has 3 nitrogen and oxygen atoms in total. The standard InChI is InChI=1S/C10H5ClF6O3/c11-3-1-4(9(12,13)14)6(7(18)8(19)20)5(2-3)10(15,16)17/h1-2,7,18H,(H,19,20). The first-order valence-corrected chi connectivity index (χ1v) is 5.12. The van der Waals surface area contributed by atoms with Crippen molar-refractivity contribution in [2.75, 3.05) is 0 Å². The van der Waals surface area contributed by atoms with Gasteiger partial charge in [0.2, 0.25) is 0 Å². The fraction of sp³-hybridized carbons (Fsp3) is 0.300. The summed E-state index contributed by atoms with van der Waals surface area (Å²) in [5, 5.41) is 16.7. The first kappa shape index (κ1) is 16.6. The van der Waals surface area contributed by atoms with Crippen LogP contribution in [0.5, 0.6) is 0 Å². The Morgan fingerprint density at radius 1 is 1.05 bits per heavy atom. The first-order valence-electron chi connectivity index (χ1n) is 4.74. The number of halogens is 7. The molecule has 0 aromatic heterocycles. The van der Waals surface area contributed by atoms with Gasteiger partial charge in [0.25, 0.3) is 0 Å². The van der Waals surface area contributed by atoms with Crippen LogP contribution in [-0.2, 0) is 17.1 Å². The number of carboxylic acid groups (broad SMARTS) is 1. The average molecular weight is 323 g/mol. The van der Waals surface area contributed by atoms with Crippen LogP contribution in [0.4, 0.5) is 26.3 Å². The number of carboxylic acids is 1. The summed E-state index contributed by atoms with van der Waals surface area (Å²) in [5.74, 6) is -2.25. The molecular formula is C10H5ClF6O3. The highest BCUT2D eigenvalue weighted by Crippen LogP contribution is 2.43. The van der Waals surface area contributed by atoms with Gasteiger partial charge in [0, 0.05) is 10.6 Å². The van der Waals surface area contributed by atoms with Crippen LogP contribution in [0, 0.1) is 0 Å². The lowest BCUT2D eigenvalue weighted by molar-refractivity contribution is -0.153. The van der Waals surface area contributed by atoms with Crippen molar-refractivity contribution in [1.29, 1.82) is 0 Å². The molecule has 0 heterocycles. The van der Waals surface area contributed by atoms with Crippen molar-refractivity contribution in [3.8, 4) is 0 Å². The molecule has 1 atom stereocenters. The van der Waals surface area contributed by atoms with E-state index in [1.54, 1.807) is 0 Å². The summed E-state index contributed by atoms with van der Waals surface area (Å²) in [6.07, 6.45) is -13.6. The van der Waals surface area contributed by atoms with Crippen molar-refractivity contribution in [2.24, 2.45) is 0 Å². The van der Waals surface area contributed by atoms with E-state index in [4.69, 9.17) is 21.8 Å². The maximum atomic E-state index is 12.7. The van der Waals surface area contributed by atoms with Crippen molar-refractivity contribution in [2.45, 2.75) is 18.5 Å². The van der Waals surface area contributed by atoms with Crippen LogP contribution in [-0.4, -0.2) is 16.2 Å². The lowest BCUT2D eigenvalue weighted by Crippen LogP contribution is -2.23. The molecule has 1 aromatic rings. The monoisotopic (exact) mass is 322 g/mol. The summed E-state index contributed by atoms with van der Waals surface area (Å²) in [4.78, 5) is 10.5. The lowest BCUT2D eigenvalue weighted by Gasteiger charge is -2.21. The Balaban J connectivity index is 3.77. The van der Waals surface area contributed by atoms with E-state index in [0.29, 0.717) is 0 Å². The van der Waals surface area contributed by atoms with Crippen LogP contribution < -0.4 is 0 Å². The molecule has 0 amide bonds. The number of alkyl halides is 6. The van der Waals surface area contributed by atoms with Gasteiger partial charge in [-0.25, -0.2) is 4.79 Å². The summed E-state index contributed by atoms with van der Waals surface area (Å²) in [6, 6.07) is 0.247. The van der Waals surface area contributed by atoms with E-state index in [9.17, 15) is 31.1 Å². The molecular weight excluding hydrogens is 318 g/mol. The fourth-order valence-corrected chi connectivity index (χ4v) is 1.72. The Hall–Kier alpha value is -1.48. The third-order valence-electron chi connectivity index (χ3n) is 2.26. The van der Waals surface area contributed by atoms with Gasteiger partial charge in [0.1, 0.15) is 0 Å². The van der Waals surface area contributed by atoms with Gasteiger partial charge < -0.3 is 10.2 Å². The fourth-order valence-electron chi connectivity index (χ4n) is 1.51. The molecule has 0 aliphatic heterocycles. The highest BCUT2D eigenvalue weighted by molar-refractivity contribution is 6.30. The second-order valence-corrected chi connectivity index (χ2v) is 4.09. The average Bonchev–Trinajstić information content (AvgIpc) is 2.24. The molecule has 0 aliphatic carbocycles. The first-order chi connectivity index (χ1) is 8.85. The van der Waals surface area contributed by atoms with Crippen molar-refractivity contribution in [3.05, 3.63) is 33.8 Å². The smallest absolute Gasteiger partial charge is 0.416 e. The van der Waals surface area contributed by atoms with E-state index in [1.807, 2.05) is 0 Å². The normalized spacial score (nSPS) is 14.2. The summed E-state index contributed by atoms with van der Waals surface area (Å²) in [7, 11) is 0. The number of hydrogen-bond donors (Lipinski definition) is 2. The molecule has 20 heavy (non-hydrogen) atoms. The molecule has 10 heteroatoms. The topological polar surface area (TPSA) is 57.5 Å². The largest absolute Gasteiger partial charge is 0.479 e. The molecule has 1 unspecified atom stereocenters. The van der Waals surface area contributed by atoms with Gasteiger partial charge in [0.15, 0.2) is 6.10 Å². The van der Waals surface area contributed by atoms with E-state index in [2.05, 4.69) is 0 Å². The molecule has 0 saturated heterocycles. The Morgan fingerprint density at radius 2 is 1.40 bits per heavy atom. The van der Waals surface area contributed by atoms with Gasteiger partial charge >= 0.3 is 18.3 Å². The Labute approximate surface area is 112 Å². The molecule has 0 bridgehead atoms. The lowest BCUT2D eigenvalue weighted by atomic mass is 9.95. The van der Waals surface area contributed by atoms with Crippen molar-refractivity contribution < 1.29 is 41.4 Å². The van der Waals surface area contributed by atoms with E-state index < -0.39 is 46.1 Å². The number of carbonyl (C=O) groups is 1. The number of rotatable bonds is 2. The third-order valence-corrected chi connectivity index (χ3v) is 2.48. The zero-order chi connectivity index (χ0) is 15.9. The molecule has 0 aliphatic rings. The zero-order valence-corrected chi connectivity index (χ0v) is 9.94. The third kappa shape index (κ3) is 3.34. The van der Waals surface area contributed by atoms with Gasteiger partial charge in [0.05, 0.1) is 11.1 Å². The highest BCUT2D eigenvalue weighted by atomic mass is 35.5. The summed E-state index contributed by atoms with van der Waals surface area (Å²) in [5.41, 5.74) is -5.69. The molecule has 1 aromatic carbocycles. The minimum atomic E-state index is -5.31. The van der Waals surface area contributed by atoms with E-state index in [-0.39, 0.29) is 12.1 Å². The van der Waals surface area contributed by atoms with Gasteiger partial charge in [-0.15, -0.1) is 0 Å². The number of hydrogen-bond acceptors (Lipinski definition) is 2. The van der Waals surface area contributed by atoms with E-state index >= 15 is 0 Å². The molecule has 0 radical (unpaired) electrons. The molecule has 0 saturated carbocycles. The predicted molar refractivity (Wildman–Crippen MR) is 54.1 cm³/mol. The molecule has 0 fully saturated rings. The van der Waals surface area contributed by atoms with Crippen LogP contribution in [0.2, 0.25) is 5.02 Å². The van der Waals surface area contributed by atoms with Gasteiger partial charge in [-0.1, -0.05) is 11.6 Å². The maximum Gasteiger partial charge on any atom is 0.416 e. The quantitative estimate of drug-likeness (QED) is 0.819. The maximum absolute atomic E-state index is 12.7. The van der Waals surface area contributed by atoms with Crippen LogP contribution in [0.1, 0.15) is 22.8 Å². The Kier molecular flexibility index (Phi) is 4.25. The number of aliphatic carboxylic acids is 1. The van der Waals surface area contributed by atoms with Crippen LogP contribution in [0.25, 0.3) is 0 Å². The number of benzene rings is 1. The number of aliphatic hydroxyl groups excluding tert-OH is 1. The Morgan fingerprint density at radius 3 is 1.65 bits per heavy atom. The predicted octanol–water partition coefficient (Wildman–Crippen LogP) is 3.50. The number of aliphatic hydroxyl groups is 1. The molecule has 1 rings (SSSR count). The minimum Gasteiger partial charge on any atom is -0.479 e. The van der Waals surface area contributed by atoms with E-state index in [0.717, 1.165) is 0 Å². The molecule has 2 N–H and O–H groups in total. The van der Waals surface area contributed by atoms with Gasteiger partial charge in [-0.2, -0.15) is 26.3 Å². The summed E-state index contributed by atoms with van der Waals surface area (Å²) < 4.78 is 76.1. The van der Waals surface area contributed by atoms with E-state index in [1.165, 1.54) is 0 Å². The minimum absolute atomic E-state index is 0.123. The highest BCUT2D eigenvalue weighted by Gasteiger charge is 2.44. The summed E-state index contributed by atoms with van der Waals surface area (Å²) in [6.45, 7) is 0. The van der Waals surface area contributed by atoms with Crippen LogP contribution in [0.15, 0.2) is 12.1 Å². The van der Waals surface area contributed by atoms with Crippen LogP contribution >= 0.6 is 11.6 Å². The second kappa shape index (κ2) is 5.13. The zero-order valence-electron chi connectivity index (χ0n) is 9.18. The van der Waals surface area contributed by atoms with Gasteiger partial charge in [-0.05, 0) is 12.1 Å². The Bertz CT molecular complexity index is 502. The SMILES string of the molecule is O=C(O)C(O)c1c(C(F)(F)F)cc(Cl)cc1C(F)(F)F. The second-order valence-electron chi connectivity index (χ2n) is 3.65. The molecule has 0 spiro atoms. The van der Waals surface area contributed by atoms with Crippen molar-refractivity contribution in [1.82, 2.24) is 0 Å². The van der Waals surface area contributed by atoms with Crippen molar-refractivity contribution >= 4 is 17.6 Å². The summed E-state index contributed by atoms with van der Waals surface area (Å²) >= 11 is 5.19. The van der Waals surface area contributed by atoms with Crippen molar-refractivity contribution in [3.63, 3.8) is 0 Å².